The van der Waals surface area contributed by atoms with E-state index in [1.54, 1.807) is 12.3 Å². The third kappa shape index (κ3) is 4.58. The van der Waals surface area contributed by atoms with Crippen LogP contribution in [0.5, 0.6) is 0 Å². The number of carbonyl (C=O) groups is 1. The molecule has 1 atom stereocenters. The Labute approximate surface area is 102 Å². The molecule has 0 radical (unpaired) electrons. The van der Waals surface area contributed by atoms with Crippen molar-refractivity contribution >= 4 is 5.97 Å². The van der Waals surface area contributed by atoms with E-state index in [1.807, 2.05) is 14.1 Å². The molecule has 1 unspecified atom stereocenters. The predicted molar refractivity (Wildman–Crippen MR) is 67.2 cm³/mol. The second-order valence-electron chi connectivity index (χ2n) is 4.55. The van der Waals surface area contributed by atoms with E-state index < -0.39 is 5.97 Å². The summed E-state index contributed by atoms with van der Waals surface area (Å²) in [6.45, 7) is 3.68. The molecule has 0 aliphatic rings. The lowest BCUT2D eigenvalue weighted by Crippen LogP contribution is -2.29. The van der Waals surface area contributed by atoms with Gasteiger partial charge in [-0.3, -0.25) is 0 Å². The highest BCUT2D eigenvalue weighted by atomic mass is 16.4. The molecule has 1 rings (SSSR count). The van der Waals surface area contributed by atoms with Crippen LogP contribution in [-0.4, -0.2) is 47.6 Å². The van der Waals surface area contributed by atoms with E-state index in [0.717, 1.165) is 18.7 Å². The van der Waals surface area contributed by atoms with Crippen LogP contribution in [-0.2, 0) is 6.54 Å². The highest BCUT2D eigenvalue weighted by Crippen LogP contribution is 2.06. The molecule has 0 bridgehead atoms. The minimum absolute atomic E-state index is 0.345. The SMILES string of the molecule is CC(CCN(C)C)NCc1[nH]ccc1C(=O)O. The van der Waals surface area contributed by atoms with E-state index in [4.69, 9.17) is 5.11 Å². The Morgan fingerprint density at radius 3 is 2.88 bits per heavy atom. The van der Waals surface area contributed by atoms with Crippen LogP contribution < -0.4 is 5.32 Å². The molecule has 0 amide bonds. The molecule has 0 aliphatic carbocycles. The van der Waals surface area contributed by atoms with Gasteiger partial charge in [-0.25, -0.2) is 4.79 Å². The van der Waals surface area contributed by atoms with Crippen molar-refractivity contribution in [3.05, 3.63) is 23.5 Å². The largest absolute Gasteiger partial charge is 0.478 e. The maximum absolute atomic E-state index is 10.9. The third-order valence-electron chi connectivity index (χ3n) is 2.70. The van der Waals surface area contributed by atoms with Crippen molar-refractivity contribution < 1.29 is 9.90 Å². The molecule has 0 spiro atoms. The van der Waals surface area contributed by atoms with Crippen LogP contribution in [0.3, 0.4) is 0 Å². The van der Waals surface area contributed by atoms with Crippen LogP contribution in [0.2, 0.25) is 0 Å². The molecule has 1 heterocycles. The summed E-state index contributed by atoms with van der Waals surface area (Å²) >= 11 is 0. The first kappa shape index (κ1) is 13.7. The fourth-order valence-corrected chi connectivity index (χ4v) is 1.58. The van der Waals surface area contributed by atoms with Crippen molar-refractivity contribution in [3.8, 4) is 0 Å². The summed E-state index contributed by atoms with van der Waals surface area (Å²) in [5.41, 5.74) is 1.08. The normalized spacial score (nSPS) is 12.9. The van der Waals surface area contributed by atoms with Gasteiger partial charge >= 0.3 is 5.97 Å². The standard InChI is InChI=1S/C12H21N3O2/c1-9(5-7-15(2)3)14-8-11-10(12(16)17)4-6-13-11/h4,6,9,13-14H,5,7-8H2,1-3H3,(H,16,17). The summed E-state index contributed by atoms with van der Waals surface area (Å²) in [6.07, 6.45) is 2.70. The lowest BCUT2D eigenvalue weighted by molar-refractivity contribution is 0.0695. The van der Waals surface area contributed by atoms with Crippen molar-refractivity contribution in [2.45, 2.75) is 25.9 Å². The van der Waals surface area contributed by atoms with E-state index in [2.05, 4.69) is 22.1 Å². The molecule has 1 aromatic heterocycles. The van der Waals surface area contributed by atoms with Crippen molar-refractivity contribution in [2.24, 2.45) is 0 Å². The summed E-state index contributed by atoms with van der Waals surface area (Å²) in [7, 11) is 4.08. The molecule has 0 saturated heterocycles. The van der Waals surface area contributed by atoms with Gasteiger partial charge in [0.1, 0.15) is 0 Å². The fraction of sp³-hybridized carbons (Fsp3) is 0.583. The Kier molecular flexibility index (Phi) is 5.18. The van der Waals surface area contributed by atoms with E-state index in [9.17, 15) is 4.79 Å². The molecule has 3 N–H and O–H groups in total. The van der Waals surface area contributed by atoms with Gasteiger partial charge in [0.25, 0.3) is 0 Å². The van der Waals surface area contributed by atoms with Crippen LogP contribution in [0.15, 0.2) is 12.3 Å². The average Bonchev–Trinajstić information content (AvgIpc) is 2.71. The van der Waals surface area contributed by atoms with Gasteiger partial charge < -0.3 is 20.3 Å². The first-order valence-electron chi connectivity index (χ1n) is 5.78. The summed E-state index contributed by atoms with van der Waals surface area (Å²) in [6, 6.07) is 1.95. The number of carboxylic acid groups (broad SMARTS) is 1. The Bertz CT molecular complexity index is 360. The number of aromatic carboxylic acids is 1. The Morgan fingerprint density at radius 2 is 2.29 bits per heavy atom. The molecular weight excluding hydrogens is 218 g/mol. The Balaban J connectivity index is 2.39. The van der Waals surface area contributed by atoms with Crippen LogP contribution in [0.25, 0.3) is 0 Å². The van der Waals surface area contributed by atoms with Crippen LogP contribution in [0.1, 0.15) is 29.4 Å². The quantitative estimate of drug-likeness (QED) is 0.667. The summed E-state index contributed by atoms with van der Waals surface area (Å²) < 4.78 is 0. The number of nitrogens with zero attached hydrogens (tertiary/aromatic N) is 1. The number of rotatable bonds is 7. The zero-order valence-corrected chi connectivity index (χ0v) is 10.7. The van der Waals surface area contributed by atoms with Gasteiger partial charge in [0, 0.05) is 24.5 Å². The summed E-state index contributed by atoms with van der Waals surface area (Å²) in [5, 5.41) is 12.3. The lowest BCUT2D eigenvalue weighted by Gasteiger charge is -2.16. The number of aromatic nitrogens is 1. The molecule has 0 aliphatic heterocycles. The van der Waals surface area contributed by atoms with Gasteiger partial charge in [-0.05, 0) is 40.1 Å². The highest BCUT2D eigenvalue weighted by molar-refractivity contribution is 5.88. The van der Waals surface area contributed by atoms with Gasteiger partial charge in [-0.2, -0.15) is 0 Å². The smallest absolute Gasteiger partial charge is 0.337 e. The zero-order chi connectivity index (χ0) is 12.8. The molecule has 0 aromatic carbocycles. The predicted octanol–water partition coefficient (Wildman–Crippen LogP) is 1.14. The summed E-state index contributed by atoms with van der Waals surface area (Å²) in [4.78, 5) is 16.0. The van der Waals surface area contributed by atoms with E-state index in [0.29, 0.717) is 18.2 Å². The summed E-state index contributed by atoms with van der Waals surface area (Å²) in [5.74, 6) is -0.885. The van der Waals surface area contributed by atoms with Crippen LogP contribution >= 0.6 is 0 Å². The van der Waals surface area contributed by atoms with Crippen LogP contribution in [0, 0.1) is 0 Å². The topological polar surface area (TPSA) is 68.4 Å². The van der Waals surface area contributed by atoms with Gasteiger partial charge in [0.05, 0.1) is 5.56 Å². The van der Waals surface area contributed by atoms with E-state index in [-0.39, 0.29) is 0 Å². The zero-order valence-electron chi connectivity index (χ0n) is 10.7. The number of hydrogen-bond donors (Lipinski definition) is 3. The van der Waals surface area contributed by atoms with E-state index in [1.165, 1.54) is 0 Å². The maximum Gasteiger partial charge on any atom is 0.337 e. The molecule has 96 valence electrons. The minimum Gasteiger partial charge on any atom is -0.478 e. The first-order valence-corrected chi connectivity index (χ1v) is 5.78. The Hall–Kier alpha value is -1.33. The number of nitrogens with one attached hydrogen (secondary N) is 2. The van der Waals surface area contributed by atoms with Gasteiger partial charge in [0.2, 0.25) is 0 Å². The molecular formula is C12H21N3O2. The first-order chi connectivity index (χ1) is 8.00. The van der Waals surface area contributed by atoms with Gasteiger partial charge in [0.15, 0.2) is 0 Å². The van der Waals surface area contributed by atoms with Crippen molar-refractivity contribution in [3.63, 3.8) is 0 Å². The van der Waals surface area contributed by atoms with Crippen molar-refractivity contribution in [2.75, 3.05) is 20.6 Å². The number of hydrogen-bond acceptors (Lipinski definition) is 3. The van der Waals surface area contributed by atoms with E-state index >= 15 is 0 Å². The second kappa shape index (κ2) is 6.42. The van der Waals surface area contributed by atoms with Crippen LogP contribution in [0.4, 0.5) is 0 Å². The van der Waals surface area contributed by atoms with Gasteiger partial charge in [-0.1, -0.05) is 0 Å². The third-order valence-corrected chi connectivity index (χ3v) is 2.70. The monoisotopic (exact) mass is 239 g/mol. The minimum atomic E-state index is -0.885. The maximum atomic E-state index is 10.9. The molecule has 17 heavy (non-hydrogen) atoms. The average molecular weight is 239 g/mol. The molecule has 0 saturated carbocycles. The molecule has 5 heteroatoms. The number of aromatic amines is 1. The highest BCUT2D eigenvalue weighted by Gasteiger charge is 2.11. The second-order valence-corrected chi connectivity index (χ2v) is 4.55. The molecule has 1 aromatic rings. The van der Waals surface area contributed by atoms with Crippen molar-refractivity contribution in [1.82, 2.24) is 15.2 Å². The fourth-order valence-electron chi connectivity index (χ4n) is 1.58. The van der Waals surface area contributed by atoms with Gasteiger partial charge in [-0.15, -0.1) is 0 Å². The molecule has 5 nitrogen and oxygen atoms in total. The Morgan fingerprint density at radius 1 is 1.59 bits per heavy atom. The van der Waals surface area contributed by atoms with Crippen molar-refractivity contribution in [1.29, 1.82) is 0 Å². The molecule has 0 fully saturated rings. The lowest BCUT2D eigenvalue weighted by atomic mass is 10.2. The number of H-pyrrole nitrogens is 1. The number of carboxylic acids is 1.